The number of amides is 3. The van der Waals surface area contributed by atoms with Gasteiger partial charge in [0.15, 0.2) is 5.76 Å². The fraction of sp³-hybridized carbons (Fsp3) is 0.229. The minimum Gasteiger partial charge on any atom is -0.461 e. The maximum Gasteiger partial charge on any atom is 0.414 e. The van der Waals surface area contributed by atoms with E-state index in [0.29, 0.717) is 11.3 Å². The molecule has 0 radical (unpaired) electrons. The van der Waals surface area contributed by atoms with Crippen LogP contribution in [0, 0.1) is 0 Å². The summed E-state index contributed by atoms with van der Waals surface area (Å²) in [6, 6.07) is 26.9. The van der Waals surface area contributed by atoms with Gasteiger partial charge in [0, 0.05) is 6.42 Å². The van der Waals surface area contributed by atoms with E-state index in [-0.39, 0.29) is 31.4 Å². The van der Waals surface area contributed by atoms with Crippen molar-refractivity contribution in [2.24, 2.45) is 4.99 Å². The Labute approximate surface area is 272 Å². The molecule has 1 heterocycles. The molecule has 1 aromatic heterocycles. The summed E-state index contributed by atoms with van der Waals surface area (Å²) >= 11 is 0. The molecular weight excluding hydrogens is 604 g/mol. The van der Waals surface area contributed by atoms with Gasteiger partial charge in [-0.05, 0) is 61.7 Å². The monoisotopic (exact) mass is 640 g/mol. The summed E-state index contributed by atoms with van der Waals surface area (Å²) < 4.78 is 21.2. The number of ketones is 1. The Morgan fingerprint density at radius 1 is 0.702 bits per heavy atom. The highest BCUT2D eigenvalue weighted by Crippen LogP contribution is 2.17. The molecule has 3 N–H and O–H groups in total. The molecule has 0 aliphatic rings. The predicted molar refractivity (Wildman–Crippen MR) is 173 cm³/mol. The number of Topliss-reactive ketones (excluding diaryl/α,β-unsaturated/α-hetero) is 1. The number of carbonyl (C=O) groups is 4. The molecular formula is C35H36N4O8. The molecule has 0 unspecified atom stereocenters. The smallest absolute Gasteiger partial charge is 0.414 e. The lowest BCUT2D eigenvalue weighted by Crippen LogP contribution is -2.44. The van der Waals surface area contributed by atoms with E-state index >= 15 is 0 Å². The average molecular weight is 641 g/mol. The fourth-order valence-corrected chi connectivity index (χ4v) is 4.12. The zero-order valence-corrected chi connectivity index (χ0v) is 26.2. The number of aliphatic imine (C=N–C) groups is 1. The van der Waals surface area contributed by atoms with Crippen molar-refractivity contribution in [2.75, 3.05) is 0 Å². The van der Waals surface area contributed by atoms with Crippen LogP contribution in [0.15, 0.2) is 113 Å². The molecule has 0 aliphatic heterocycles. The van der Waals surface area contributed by atoms with Crippen LogP contribution in [-0.2, 0) is 33.8 Å². The van der Waals surface area contributed by atoms with Crippen molar-refractivity contribution in [3.8, 4) is 0 Å². The molecule has 0 aliphatic carbocycles. The van der Waals surface area contributed by atoms with Gasteiger partial charge in [-0.25, -0.2) is 19.4 Å². The minimum absolute atomic E-state index is 0.00231. The Hall–Kier alpha value is -5.91. The first-order chi connectivity index (χ1) is 22.5. The van der Waals surface area contributed by atoms with Gasteiger partial charge in [0.05, 0.1) is 12.0 Å². The normalized spacial score (nSPS) is 11.4. The first-order valence-electron chi connectivity index (χ1n) is 14.7. The highest BCUT2D eigenvalue weighted by atomic mass is 16.6. The van der Waals surface area contributed by atoms with Gasteiger partial charge < -0.3 is 23.9 Å². The highest BCUT2D eigenvalue weighted by Gasteiger charge is 2.27. The minimum atomic E-state index is -0.983. The summed E-state index contributed by atoms with van der Waals surface area (Å²) in [6.45, 7) is 5.17. The van der Waals surface area contributed by atoms with Gasteiger partial charge in [-0.3, -0.25) is 15.4 Å². The summed E-state index contributed by atoms with van der Waals surface area (Å²) in [5, 5.41) is 7.51. The highest BCUT2D eigenvalue weighted by molar-refractivity contribution is 6.02. The largest absolute Gasteiger partial charge is 0.461 e. The summed E-state index contributed by atoms with van der Waals surface area (Å²) in [4.78, 5) is 55.2. The molecule has 3 amide bonds. The summed E-state index contributed by atoms with van der Waals surface area (Å²) in [5.74, 6) is -0.569. The maximum absolute atomic E-state index is 13.1. The third kappa shape index (κ3) is 11.8. The summed E-state index contributed by atoms with van der Waals surface area (Å²) in [5.41, 5.74) is 1.82. The number of hydrogen-bond donors (Lipinski definition) is 3. The number of guanidine groups is 1. The molecule has 0 spiro atoms. The van der Waals surface area contributed by atoms with Gasteiger partial charge in [0.1, 0.15) is 24.9 Å². The molecule has 4 rings (SSSR count). The van der Waals surface area contributed by atoms with Crippen molar-refractivity contribution in [1.29, 1.82) is 0 Å². The van der Waals surface area contributed by atoms with Crippen molar-refractivity contribution in [3.05, 3.63) is 126 Å². The quantitative estimate of drug-likeness (QED) is 0.0774. The first-order valence-corrected chi connectivity index (χ1v) is 14.7. The van der Waals surface area contributed by atoms with Crippen molar-refractivity contribution >= 4 is 35.7 Å². The molecule has 0 fully saturated rings. The second kappa shape index (κ2) is 16.4. The van der Waals surface area contributed by atoms with Gasteiger partial charge in [0.25, 0.3) is 0 Å². The van der Waals surface area contributed by atoms with Gasteiger partial charge in [-0.2, -0.15) is 0 Å². The van der Waals surface area contributed by atoms with E-state index in [2.05, 4.69) is 20.9 Å². The SMILES string of the molecule is CC(C)(C)OC(=O)N[C@@H](Cc1ccc(N=C(NC(=O)OCc2ccccc2)NC(=O)OCc2ccccc2)cc1)C(=O)c1ccco1. The molecule has 47 heavy (non-hydrogen) atoms. The number of rotatable bonds is 10. The number of alkyl carbamates (subject to hydrolysis) is 3. The van der Waals surface area contributed by atoms with Crippen molar-refractivity contribution < 1.29 is 37.8 Å². The lowest BCUT2D eigenvalue weighted by Gasteiger charge is -2.23. The van der Waals surface area contributed by atoms with Gasteiger partial charge >= 0.3 is 18.3 Å². The van der Waals surface area contributed by atoms with Crippen LogP contribution in [0.3, 0.4) is 0 Å². The van der Waals surface area contributed by atoms with E-state index in [9.17, 15) is 19.2 Å². The Kier molecular flexibility index (Phi) is 11.9. The predicted octanol–water partition coefficient (Wildman–Crippen LogP) is 6.44. The Morgan fingerprint density at radius 2 is 1.26 bits per heavy atom. The second-order valence-corrected chi connectivity index (χ2v) is 11.2. The third-order valence-electron chi connectivity index (χ3n) is 6.25. The van der Waals surface area contributed by atoms with Crippen molar-refractivity contribution in [1.82, 2.24) is 16.0 Å². The van der Waals surface area contributed by atoms with Crippen LogP contribution in [0.1, 0.15) is 48.0 Å². The molecule has 0 saturated heterocycles. The van der Waals surface area contributed by atoms with E-state index in [4.69, 9.17) is 18.6 Å². The number of nitrogens with zero attached hydrogens (tertiary/aromatic N) is 1. The Bertz CT molecular complexity index is 1590. The van der Waals surface area contributed by atoms with E-state index in [1.165, 1.54) is 12.3 Å². The van der Waals surface area contributed by atoms with Crippen LogP contribution in [0.2, 0.25) is 0 Å². The molecule has 0 bridgehead atoms. The van der Waals surface area contributed by atoms with Crippen LogP contribution in [0.5, 0.6) is 0 Å². The van der Waals surface area contributed by atoms with E-state index < -0.39 is 35.7 Å². The van der Waals surface area contributed by atoms with Gasteiger partial charge in [-0.1, -0.05) is 72.8 Å². The number of ether oxygens (including phenoxy) is 3. The molecule has 3 aromatic carbocycles. The van der Waals surface area contributed by atoms with Gasteiger partial charge in [0.2, 0.25) is 11.7 Å². The van der Waals surface area contributed by atoms with Crippen LogP contribution in [-0.4, -0.2) is 41.7 Å². The lowest BCUT2D eigenvalue weighted by atomic mass is 10.0. The molecule has 1 atom stereocenters. The van der Waals surface area contributed by atoms with E-state index in [1.54, 1.807) is 75.4 Å². The number of furan rings is 1. The molecule has 0 saturated carbocycles. The lowest BCUT2D eigenvalue weighted by molar-refractivity contribution is 0.0489. The number of nitrogens with one attached hydrogen (secondary N) is 3. The van der Waals surface area contributed by atoms with E-state index in [0.717, 1.165) is 11.1 Å². The first kappa shape index (κ1) is 34.0. The third-order valence-corrected chi connectivity index (χ3v) is 6.25. The topological polar surface area (TPSA) is 158 Å². The fourth-order valence-electron chi connectivity index (χ4n) is 4.12. The van der Waals surface area contributed by atoms with Crippen molar-refractivity contribution in [2.45, 2.75) is 52.0 Å². The number of benzene rings is 3. The zero-order valence-electron chi connectivity index (χ0n) is 26.2. The van der Waals surface area contributed by atoms with Crippen LogP contribution in [0.4, 0.5) is 20.1 Å². The van der Waals surface area contributed by atoms with E-state index in [1.807, 2.05) is 36.4 Å². The number of hydrogen-bond acceptors (Lipinski definition) is 9. The molecule has 244 valence electrons. The molecule has 12 heteroatoms. The summed E-state index contributed by atoms with van der Waals surface area (Å²) in [7, 11) is 0. The molecule has 12 nitrogen and oxygen atoms in total. The molecule has 4 aromatic rings. The van der Waals surface area contributed by atoms with Crippen LogP contribution >= 0.6 is 0 Å². The van der Waals surface area contributed by atoms with Gasteiger partial charge in [-0.15, -0.1) is 0 Å². The zero-order chi connectivity index (χ0) is 33.6. The Morgan fingerprint density at radius 3 is 1.74 bits per heavy atom. The second-order valence-electron chi connectivity index (χ2n) is 11.2. The van der Waals surface area contributed by atoms with Crippen molar-refractivity contribution in [3.63, 3.8) is 0 Å². The summed E-state index contributed by atoms with van der Waals surface area (Å²) in [6.07, 6.45) is -0.952. The number of carbonyl (C=O) groups excluding carboxylic acids is 4. The standard InChI is InChI=1S/C35H36N4O8/c1-35(2,3)47-34(43)37-28(30(40)29-15-10-20-44-29)21-24-16-18-27(19-17-24)36-31(38-32(41)45-22-25-11-6-4-7-12-25)39-33(42)46-23-26-13-8-5-9-14-26/h4-20,28H,21-23H2,1-3H3,(H,37,43)(H2,36,38,39,41,42)/t28-/m0/s1. The average Bonchev–Trinajstić information content (AvgIpc) is 3.58. The van der Waals surface area contributed by atoms with Crippen LogP contribution < -0.4 is 16.0 Å². The Balaban J connectivity index is 1.47. The van der Waals surface area contributed by atoms with Crippen LogP contribution in [0.25, 0.3) is 0 Å². The maximum atomic E-state index is 13.1.